The van der Waals surface area contributed by atoms with Crippen LogP contribution in [0.15, 0.2) is 4.99 Å². The maximum absolute atomic E-state index is 11.0. The maximum Gasteiger partial charge on any atom is 0.305 e. The van der Waals surface area contributed by atoms with Crippen LogP contribution in [0.3, 0.4) is 0 Å². The summed E-state index contributed by atoms with van der Waals surface area (Å²) in [5.41, 5.74) is 0. The van der Waals surface area contributed by atoms with E-state index in [1.165, 1.54) is 45.6 Å². The van der Waals surface area contributed by atoms with Gasteiger partial charge in [0.25, 0.3) is 0 Å². The van der Waals surface area contributed by atoms with Crippen molar-refractivity contribution in [2.45, 2.75) is 70.8 Å². The summed E-state index contributed by atoms with van der Waals surface area (Å²) in [7, 11) is 1.42. The molecular weight excluding hydrogens is 433 g/mol. The molecule has 0 aromatic heterocycles. The number of guanidine groups is 1. The molecule has 0 spiro atoms. The topological polar surface area (TPSA) is 72.0 Å². The van der Waals surface area contributed by atoms with E-state index in [1.54, 1.807) is 0 Å². The van der Waals surface area contributed by atoms with Gasteiger partial charge in [-0.05, 0) is 32.6 Å². The van der Waals surface area contributed by atoms with Gasteiger partial charge in [-0.1, -0.05) is 25.7 Å². The van der Waals surface area contributed by atoms with Gasteiger partial charge >= 0.3 is 5.97 Å². The summed E-state index contributed by atoms with van der Waals surface area (Å²) in [5.74, 6) is 0.666. The van der Waals surface area contributed by atoms with Crippen LogP contribution >= 0.6 is 24.0 Å². The SMILES string of the molecule is CCNC(=NCCCCC(=O)OC)NCCOC1CCCCCC1.I. The Morgan fingerprint density at radius 3 is 2.48 bits per heavy atom. The minimum Gasteiger partial charge on any atom is -0.469 e. The van der Waals surface area contributed by atoms with Crippen molar-refractivity contribution in [2.24, 2.45) is 4.99 Å². The fourth-order valence-electron chi connectivity index (χ4n) is 2.82. The minimum absolute atomic E-state index is 0. The van der Waals surface area contributed by atoms with Crippen molar-refractivity contribution >= 4 is 35.9 Å². The number of carbonyl (C=O) groups is 1. The molecule has 0 amide bonds. The first kappa shape index (κ1) is 24.4. The van der Waals surface area contributed by atoms with Crippen LogP contribution in [0.25, 0.3) is 0 Å². The van der Waals surface area contributed by atoms with Gasteiger partial charge in [0, 0.05) is 26.1 Å². The van der Waals surface area contributed by atoms with E-state index >= 15 is 0 Å². The Kier molecular flexibility index (Phi) is 16.5. The molecule has 0 heterocycles. The number of aliphatic imine (C=N–C) groups is 1. The van der Waals surface area contributed by atoms with Crippen molar-refractivity contribution in [2.75, 3.05) is 33.4 Å². The number of carbonyl (C=O) groups excluding carboxylic acids is 1. The third-order valence-corrected chi connectivity index (χ3v) is 4.18. The number of halogens is 1. The quantitative estimate of drug-likeness (QED) is 0.128. The number of rotatable bonds is 10. The van der Waals surface area contributed by atoms with Gasteiger partial charge in [0.2, 0.25) is 0 Å². The van der Waals surface area contributed by atoms with Gasteiger partial charge in [0.05, 0.1) is 19.8 Å². The van der Waals surface area contributed by atoms with Crippen molar-refractivity contribution in [1.82, 2.24) is 10.6 Å². The molecule has 0 radical (unpaired) electrons. The van der Waals surface area contributed by atoms with Crippen LogP contribution < -0.4 is 10.6 Å². The molecule has 25 heavy (non-hydrogen) atoms. The van der Waals surface area contributed by atoms with Crippen molar-refractivity contribution in [3.63, 3.8) is 0 Å². The van der Waals surface area contributed by atoms with E-state index in [0.29, 0.717) is 19.1 Å². The Morgan fingerprint density at radius 2 is 1.84 bits per heavy atom. The lowest BCUT2D eigenvalue weighted by molar-refractivity contribution is -0.140. The average Bonchev–Trinajstić information content (AvgIpc) is 2.86. The lowest BCUT2D eigenvalue weighted by Crippen LogP contribution is -2.39. The lowest BCUT2D eigenvalue weighted by Gasteiger charge is -2.16. The van der Waals surface area contributed by atoms with Crippen LogP contribution in [0.4, 0.5) is 0 Å². The predicted octanol–water partition coefficient (Wildman–Crippen LogP) is 3.24. The highest BCUT2D eigenvalue weighted by Gasteiger charge is 2.12. The lowest BCUT2D eigenvalue weighted by atomic mass is 10.1. The number of methoxy groups -OCH3 is 1. The summed E-state index contributed by atoms with van der Waals surface area (Å²) >= 11 is 0. The summed E-state index contributed by atoms with van der Waals surface area (Å²) in [6.45, 7) is 5.08. The van der Waals surface area contributed by atoms with E-state index in [2.05, 4.69) is 27.3 Å². The van der Waals surface area contributed by atoms with Crippen LogP contribution in [-0.2, 0) is 14.3 Å². The number of nitrogens with one attached hydrogen (secondary N) is 2. The number of hydrogen-bond acceptors (Lipinski definition) is 4. The second-order valence-corrected chi connectivity index (χ2v) is 6.21. The second kappa shape index (κ2) is 16.9. The summed E-state index contributed by atoms with van der Waals surface area (Å²) in [6.07, 6.45) is 10.3. The van der Waals surface area contributed by atoms with Crippen molar-refractivity contribution < 1.29 is 14.3 Å². The maximum atomic E-state index is 11.0. The Balaban J connectivity index is 0.00000576. The van der Waals surface area contributed by atoms with E-state index in [0.717, 1.165) is 38.5 Å². The molecule has 1 rings (SSSR count). The molecule has 0 saturated heterocycles. The van der Waals surface area contributed by atoms with Crippen LogP contribution in [-0.4, -0.2) is 51.4 Å². The molecule has 0 aromatic carbocycles. The van der Waals surface area contributed by atoms with Gasteiger partial charge in [-0.15, -0.1) is 24.0 Å². The van der Waals surface area contributed by atoms with Gasteiger partial charge in [-0.25, -0.2) is 0 Å². The van der Waals surface area contributed by atoms with E-state index in [4.69, 9.17) is 4.74 Å². The van der Waals surface area contributed by atoms with Crippen molar-refractivity contribution in [3.05, 3.63) is 0 Å². The molecule has 1 aliphatic rings. The van der Waals surface area contributed by atoms with Gasteiger partial charge in [0.15, 0.2) is 5.96 Å². The van der Waals surface area contributed by atoms with E-state index in [1.807, 2.05) is 0 Å². The minimum atomic E-state index is -0.153. The van der Waals surface area contributed by atoms with Crippen LogP contribution in [0.5, 0.6) is 0 Å². The third-order valence-electron chi connectivity index (χ3n) is 4.18. The normalized spacial score (nSPS) is 15.8. The summed E-state index contributed by atoms with van der Waals surface area (Å²) in [6, 6.07) is 0. The number of ether oxygens (including phenoxy) is 2. The molecule has 148 valence electrons. The highest BCUT2D eigenvalue weighted by molar-refractivity contribution is 14.0. The fraction of sp³-hybridized carbons (Fsp3) is 0.889. The Morgan fingerprint density at radius 1 is 1.12 bits per heavy atom. The molecule has 0 aliphatic heterocycles. The molecule has 2 N–H and O–H groups in total. The number of unbranched alkanes of at least 4 members (excludes halogenated alkanes) is 1. The third kappa shape index (κ3) is 13.3. The highest BCUT2D eigenvalue weighted by Crippen LogP contribution is 2.19. The molecule has 6 nitrogen and oxygen atoms in total. The largest absolute Gasteiger partial charge is 0.469 e. The van der Waals surface area contributed by atoms with E-state index in [9.17, 15) is 4.79 Å². The first-order valence-electron chi connectivity index (χ1n) is 9.46. The second-order valence-electron chi connectivity index (χ2n) is 6.21. The molecule has 0 aromatic rings. The van der Waals surface area contributed by atoms with E-state index in [-0.39, 0.29) is 29.9 Å². The number of nitrogens with zero attached hydrogens (tertiary/aromatic N) is 1. The summed E-state index contributed by atoms with van der Waals surface area (Å²) in [5, 5.41) is 6.54. The average molecular weight is 469 g/mol. The number of esters is 1. The molecule has 1 aliphatic carbocycles. The van der Waals surface area contributed by atoms with Gasteiger partial charge in [0.1, 0.15) is 0 Å². The monoisotopic (exact) mass is 469 g/mol. The highest BCUT2D eigenvalue weighted by atomic mass is 127. The molecule has 0 atom stereocenters. The summed E-state index contributed by atoms with van der Waals surface area (Å²) in [4.78, 5) is 15.6. The fourth-order valence-corrected chi connectivity index (χ4v) is 2.82. The van der Waals surface area contributed by atoms with Crippen LogP contribution in [0.1, 0.15) is 64.7 Å². The Bertz CT molecular complexity index is 359. The molecule has 1 fully saturated rings. The smallest absolute Gasteiger partial charge is 0.305 e. The molecular formula is C18H36IN3O3. The van der Waals surface area contributed by atoms with Gasteiger partial charge in [-0.3, -0.25) is 9.79 Å². The van der Waals surface area contributed by atoms with Crippen LogP contribution in [0, 0.1) is 0 Å². The zero-order valence-corrected chi connectivity index (χ0v) is 18.2. The molecule has 0 bridgehead atoms. The van der Waals surface area contributed by atoms with Crippen molar-refractivity contribution in [3.8, 4) is 0 Å². The van der Waals surface area contributed by atoms with Gasteiger partial charge < -0.3 is 20.1 Å². The van der Waals surface area contributed by atoms with E-state index < -0.39 is 0 Å². The Hall–Kier alpha value is -0.570. The summed E-state index contributed by atoms with van der Waals surface area (Å²) < 4.78 is 10.6. The Labute approximate surface area is 169 Å². The molecule has 1 saturated carbocycles. The zero-order chi connectivity index (χ0) is 17.5. The standard InChI is InChI=1S/C18H35N3O3.HI/c1-3-19-18(20-13-9-8-12-17(22)23-2)21-14-15-24-16-10-6-4-5-7-11-16;/h16H,3-15H2,1-2H3,(H2,19,20,21);1H. The zero-order valence-electron chi connectivity index (χ0n) is 15.8. The van der Waals surface area contributed by atoms with Crippen LogP contribution in [0.2, 0.25) is 0 Å². The molecule has 7 heteroatoms. The van der Waals surface area contributed by atoms with Gasteiger partial charge in [-0.2, -0.15) is 0 Å². The first-order valence-corrected chi connectivity index (χ1v) is 9.46. The number of hydrogen-bond donors (Lipinski definition) is 2. The first-order chi connectivity index (χ1) is 11.8. The molecule has 0 unspecified atom stereocenters. The predicted molar refractivity (Wildman–Crippen MR) is 113 cm³/mol. The van der Waals surface area contributed by atoms with Crippen molar-refractivity contribution in [1.29, 1.82) is 0 Å².